The van der Waals surface area contributed by atoms with E-state index in [1.165, 1.54) is 59.9 Å². The fraction of sp³-hybridized carbons (Fsp3) is 0.400. The van der Waals surface area contributed by atoms with Crippen molar-refractivity contribution in [1.82, 2.24) is 8.61 Å². The third-order valence-corrected chi connectivity index (χ3v) is 8.77. The predicted molar refractivity (Wildman–Crippen MR) is 111 cm³/mol. The summed E-state index contributed by atoms with van der Waals surface area (Å²) >= 11 is 0. The van der Waals surface area contributed by atoms with Crippen LogP contribution < -0.4 is 4.74 Å². The lowest BCUT2D eigenvalue weighted by molar-refractivity contribution is -0.0498. The fourth-order valence-corrected chi connectivity index (χ4v) is 6.01. The third kappa shape index (κ3) is 5.59. The molecule has 0 atom stereocenters. The smallest absolute Gasteiger partial charge is 0.387 e. The number of hydrogen-bond acceptors (Lipinski definition) is 5. The highest BCUT2D eigenvalue weighted by Crippen LogP contribution is 2.24. The summed E-state index contributed by atoms with van der Waals surface area (Å²) in [6, 6.07) is 10.8. The van der Waals surface area contributed by atoms with Gasteiger partial charge < -0.3 is 4.74 Å². The van der Waals surface area contributed by atoms with Crippen LogP contribution >= 0.6 is 0 Å². The quantitative estimate of drug-likeness (QED) is 0.586. The molecule has 2 aromatic rings. The SMILES string of the molecule is CN(Cc1ccc(OC(F)F)cc1)S(=O)(=O)c1ccc(S(=O)(=O)N2CCCCC2)cc1. The Balaban J connectivity index is 1.72. The second kappa shape index (κ2) is 9.60. The van der Waals surface area contributed by atoms with Crippen LogP contribution in [0, 0.1) is 0 Å². The van der Waals surface area contributed by atoms with Gasteiger partial charge in [0, 0.05) is 26.7 Å². The van der Waals surface area contributed by atoms with Crippen molar-refractivity contribution in [2.45, 2.75) is 42.2 Å². The average Bonchev–Trinajstić information content (AvgIpc) is 2.75. The Bertz CT molecular complexity index is 1080. The van der Waals surface area contributed by atoms with Crippen LogP contribution in [0.15, 0.2) is 58.3 Å². The molecular formula is C20H24F2N2O5S2. The van der Waals surface area contributed by atoms with E-state index in [9.17, 15) is 25.6 Å². The van der Waals surface area contributed by atoms with Crippen molar-refractivity contribution >= 4 is 20.0 Å². The molecule has 0 unspecified atom stereocenters. The lowest BCUT2D eigenvalue weighted by Crippen LogP contribution is -2.35. The zero-order valence-corrected chi connectivity index (χ0v) is 18.6. The van der Waals surface area contributed by atoms with Crippen molar-refractivity contribution < 1.29 is 30.4 Å². The van der Waals surface area contributed by atoms with E-state index in [-0.39, 0.29) is 22.1 Å². The van der Waals surface area contributed by atoms with Gasteiger partial charge in [0.25, 0.3) is 0 Å². The van der Waals surface area contributed by atoms with Crippen molar-refractivity contribution in [2.24, 2.45) is 0 Å². The highest BCUT2D eigenvalue weighted by molar-refractivity contribution is 7.89. The minimum Gasteiger partial charge on any atom is -0.435 e. The number of benzene rings is 2. The number of alkyl halides is 2. The minimum atomic E-state index is -3.88. The van der Waals surface area contributed by atoms with E-state index < -0.39 is 26.7 Å². The van der Waals surface area contributed by atoms with Crippen molar-refractivity contribution in [2.75, 3.05) is 20.1 Å². The average molecular weight is 475 g/mol. The van der Waals surface area contributed by atoms with Crippen LogP contribution in [0.4, 0.5) is 8.78 Å². The molecule has 1 saturated heterocycles. The van der Waals surface area contributed by atoms with Gasteiger partial charge in [-0.3, -0.25) is 0 Å². The zero-order chi connectivity index (χ0) is 22.6. The molecule has 0 aliphatic carbocycles. The summed E-state index contributed by atoms with van der Waals surface area (Å²) < 4.78 is 82.4. The van der Waals surface area contributed by atoms with Gasteiger partial charge in [-0.05, 0) is 54.8 Å². The topological polar surface area (TPSA) is 84.0 Å². The van der Waals surface area contributed by atoms with Crippen LogP contribution in [0.5, 0.6) is 5.75 Å². The summed E-state index contributed by atoms with van der Waals surface area (Å²) in [5.41, 5.74) is 0.581. The van der Waals surface area contributed by atoms with Crippen LogP contribution in [-0.4, -0.2) is 52.2 Å². The monoisotopic (exact) mass is 474 g/mol. The highest BCUT2D eigenvalue weighted by atomic mass is 32.2. The molecule has 0 amide bonds. The molecule has 0 N–H and O–H groups in total. The molecule has 3 rings (SSSR count). The molecule has 0 radical (unpaired) electrons. The zero-order valence-electron chi connectivity index (χ0n) is 16.9. The van der Waals surface area contributed by atoms with E-state index in [1.807, 2.05) is 0 Å². The third-order valence-electron chi connectivity index (χ3n) is 5.04. The van der Waals surface area contributed by atoms with Crippen molar-refractivity contribution in [3.05, 3.63) is 54.1 Å². The van der Waals surface area contributed by atoms with Gasteiger partial charge in [0.15, 0.2) is 0 Å². The molecule has 0 spiro atoms. The second-order valence-corrected chi connectivity index (χ2v) is 11.2. The lowest BCUT2D eigenvalue weighted by Gasteiger charge is -2.26. The maximum absolute atomic E-state index is 12.9. The summed E-state index contributed by atoms with van der Waals surface area (Å²) in [5, 5.41) is 0. The summed E-state index contributed by atoms with van der Waals surface area (Å²) in [6.07, 6.45) is 2.62. The first kappa shape index (κ1) is 23.6. The van der Waals surface area contributed by atoms with E-state index in [0.29, 0.717) is 18.7 Å². The molecule has 170 valence electrons. The first-order valence-electron chi connectivity index (χ1n) is 9.71. The molecule has 1 fully saturated rings. The number of nitrogens with zero attached hydrogens (tertiary/aromatic N) is 2. The molecule has 1 heterocycles. The molecule has 0 bridgehead atoms. The van der Waals surface area contributed by atoms with E-state index in [2.05, 4.69) is 4.74 Å². The standard InChI is InChI=1S/C20H24F2N2O5S2/c1-23(15-16-5-7-17(8-6-16)29-20(21)22)30(25,26)18-9-11-19(12-10-18)31(27,28)24-13-3-2-4-14-24/h5-12,20H,2-4,13-15H2,1H3. The molecule has 0 aromatic heterocycles. The number of ether oxygens (including phenoxy) is 1. The summed E-state index contributed by atoms with van der Waals surface area (Å²) in [7, 11) is -6.14. The summed E-state index contributed by atoms with van der Waals surface area (Å²) in [6.45, 7) is -2.00. The molecule has 7 nitrogen and oxygen atoms in total. The molecule has 1 aliphatic rings. The second-order valence-electron chi connectivity index (χ2n) is 7.22. The molecule has 1 aliphatic heterocycles. The summed E-state index contributed by atoms with van der Waals surface area (Å²) in [4.78, 5) is 0.0240. The van der Waals surface area contributed by atoms with E-state index >= 15 is 0 Å². The molecule has 2 aromatic carbocycles. The van der Waals surface area contributed by atoms with Crippen LogP contribution in [0.2, 0.25) is 0 Å². The van der Waals surface area contributed by atoms with Gasteiger partial charge in [0.1, 0.15) is 5.75 Å². The largest absolute Gasteiger partial charge is 0.435 e. The van der Waals surface area contributed by atoms with Gasteiger partial charge in [-0.2, -0.15) is 17.4 Å². The van der Waals surface area contributed by atoms with Gasteiger partial charge in [-0.15, -0.1) is 0 Å². The molecule has 31 heavy (non-hydrogen) atoms. The number of halogens is 2. The molecular weight excluding hydrogens is 450 g/mol. The number of hydrogen-bond donors (Lipinski definition) is 0. The van der Waals surface area contributed by atoms with Crippen LogP contribution in [0.25, 0.3) is 0 Å². The van der Waals surface area contributed by atoms with Crippen molar-refractivity contribution in [1.29, 1.82) is 0 Å². The van der Waals surface area contributed by atoms with Gasteiger partial charge >= 0.3 is 6.61 Å². The Morgan fingerprint density at radius 2 is 1.45 bits per heavy atom. The molecule has 0 saturated carbocycles. The first-order valence-corrected chi connectivity index (χ1v) is 12.6. The first-order chi connectivity index (χ1) is 14.6. The van der Waals surface area contributed by atoms with Crippen LogP contribution in [-0.2, 0) is 26.6 Å². The van der Waals surface area contributed by atoms with Crippen LogP contribution in [0.3, 0.4) is 0 Å². The van der Waals surface area contributed by atoms with E-state index in [0.717, 1.165) is 23.6 Å². The number of sulfonamides is 2. The van der Waals surface area contributed by atoms with Gasteiger partial charge in [-0.25, -0.2) is 16.8 Å². The molecule has 11 heteroatoms. The van der Waals surface area contributed by atoms with Crippen LogP contribution in [0.1, 0.15) is 24.8 Å². The van der Waals surface area contributed by atoms with E-state index in [1.54, 1.807) is 0 Å². The van der Waals surface area contributed by atoms with Gasteiger partial charge in [-0.1, -0.05) is 18.6 Å². The Morgan fingerprint density at radius 1 is 0.903 bits per heavy atom. The number of piperidine rings is 1. The maximum atomic E-state index is 12.9. The van der Waals surface area contributed by atoms with Gasteiger partial charge in [0.2, 0.25) is 20.0 Å². The highest BCUT2D eigenvalue weighted by Gasteiger charge is 2.27. The normalized spacial score (nSPS) is 16.0. The van der Waals surface area contributed by atoms with Crippen molar-refractivity contribution in [3.8, 4) is 5.75 Å². The Labute approximate surface area is 181 Å². The Kier molecular flexibility index (Phi) is 7.30. The maximum Gasteiger partial charge on any atom is 0.387 e. The lowest BCUT2D eigenvalue weighted by atomic mass is 10.2. The van der Waals surface area contributed by atoms with Gasteiger partial charge in [0.05, 0.1) is 9.79 Å². The predicted octanol–water partition coefficient (Wildman–Crippen LogP) is 3.28. The minimum absolute atomic E-state index is 0.00508. The summed E-state index contributed by atoms with van der Waals surface area (Å²) in [5.74, 6) is -0.0187. The Morgan fingerprint density at radius 3 is 2.00 bits per heavy atom. The van der Waals surface area contributed by atoms with Crippen molar-refractivity contribution in [3.63, 3.8) is 0 Å². The Hall–Kier alpha value is -2.08. The fourth-order valence-electron chi connectivity index (χ4n) is 3.34. The van der Waals surface area contributed by atoms with E-state index in [4.69, 9.17) is 0 Å². The number of rotatable bonds is 8.